The number of fused-ring (bicyclic) bond motifs is 1. The van der Waals surface area contributed by atoms with Crippen molar-refractivity contribution in [2.24, 2.45) is 0 Å². The lowest BCUT2D eigenvalue weighted by Gasteiger charge is -2.07. The second-order valence-corrected chi connectivity index (χ2v) is 4.22. The van der Waals surface area contributed by atoms with E-state index >= 15 is 0 Å². The Labute approximate surface area is 90.5 Å². The number of halogens is 1. The number of nitrogen functional groups attached to an aromatic ring is 1. The minimum Gasteiger partial charge on any atom is -0.505 e. The number of anilines is 1. The van der Waals surface area contributed by atoms with E-state index in [0.717, 1.165) is 20.8 Å². The van der Waals surface area contributed by atoms with Gasteiger partial charge in [-0.25, -0.2) is 0 Å². The normalized spacial score (nSPS) is 10.7. The van der Waals surface area contributed by atoms with E-state index in [1.54, 1.807) is 6.07 Å². The van der Waals surface area contributed by atoms with Gasteiger partial charge in [0.05, 0.1) is 5.69 Å². The Morgan fingerprint density at radius 2 is 2.00 bits per heavy atom. The molecule has 0 atom stereocenters. The molecular formula is C11H10BrNO. The van der Waals surface area contributed by atoms with E-state index in [1.165, 1.54) is 0 Å². The quantitative estimate of drug-likeness (QED) is 0.558. The number of phenolic OH excluding ortho intramolecular Hbond substituents is 1. The number of rotatable bonds is 0. The van der Waals surface area contributed by atoms with Crippen LogP contribution in [0.1, 0.15) is 5.56 Å². The van der Waals surface area contributed by atoms with Gasteiger partial charge in [0.15, 0.2) is 0 Å². The number of hydrogen-bond donors (Lipinski definition) is 2. The topological polar surface area (TPSA) is 46.2 Å². The zero-order valence-electron chi connectivity index (χ0n) is 7.71. The molecule has 0 amide bonds. The van der Waals surface area contributed by atoms with Crippen molar-refractivity contribution in [1.82, 2.24) is 0 Å². The Kier molecular flexibility index (Phi) is 2.11. The Balaban J connectivity index is 2.91. The van der Waals surface area contributed by atoms with Crippen molar-refractivity contribution in [2.75, 3.05) is 5.73 Å². The Morgan fingerprint density at radius 1 is 1.29 bits per heavy atom. The van der Waals surface area contributed by atoms with Gasteiger partial charge in [-0.1, -0.05) is 22.0 Å². The average molecular weight is 252 g/mol. The van der Waals surface area contributed by atoms with Gasteiger partial charge >= 0.3 is 0 Å². The van der Waals surface area contributed by atoms with Gasteiger partial charge < -0.3 is 10.8 Å². The van der Waals surface area contributed by atoms with Gasteiger partial charge in [0, 0.05) is 10.0 Å². The summed E-state index contributed by atoms with van der Waals surface area (Å²) < 4.78 is 1.01. The van der Waals surface area contributed by atoms with Crippen LogP contribution in [0.15, 0.2) is 28.7 Å². The van der Waals surface area contributed by atoms with Crippen LogP contribution in [0.5, 0.6) is 5.75 Å². The zero-order valence-corrected chi connectivity index (χ0v) is 9.30. The molecule has 0 saturated carbocycles. The van der Waals surface area contributed by atoms with Crippen molar-refractivity contribution in [3.8, 4) is 5.75 Å². The summed E-state index contributed by atoms with van der Waals surface area (Å²) >= 11 is 3.40. The highest BCUT2D eigenvalue weighted by Crippen LogP contribution is 2.33. The maximum atomic E-state index is 9.64. The molecule has 0 aliphatic carbocycles. The number of aromatic hydroxyl groups is 1. The van der Waals surface area contributed by atoms with Crippen molar-refractivity contribution >= 4 is 32.4 Å². The molecule has 0 fully saturated rings. The number of nitrogens with two attached hydrogens (primary N) is 1. The Hall–Kier alpha value is -1.22. The van der Waals surface area contributed by atoms with Crippen LogP contribution < -0.4 is 5.73 Å². The van der Waals surface area contributed by atoms with Crippen molar-refractivity contribution < 1.29 is 5.11 Å². The van der Waals surface area contributed by atoms with Crippen LogP contribution in [-0.2, 0) is 0 Å². The summed E-state index contributed by atoms with van der Waals surface area (Å²) in [6.07, 6.45) is 0. The highest BCUT2D eigenvalue weighted by atomic mass is 79.9. The number of aryl methyl sites for hydroxylation is 1. The summed E-state index contributed by atoms with van der Waals surface area (Å²) in [4.78, 5) is 0. The lowest BCUT2D eigenvalue weighted by Crippen LogP contribution is -1.89. The van der Waals surface area contributed by atoms with E-state index in [0.29, 0.717) is 5.69 Å². The number of hydrogen-bond acceptors (Lipinski definition) is 2. The maximum Gasteiger partial charge on any atom is 0.142 e. The molecule has 0 saturated heterocycles. The molecule has 0 bridgehead atoms. The van der Waals surface area contributed by atoms with Gasteiger partial charge in [-0.3, -0.25) is 0 Å². The van der Waals surface area contributed by atoms with Crippen LogP contribution in [0.2, 0.25) is 0 Å². The van der Waals surface area contributed by atoms with Crippen LogP contribution in [0.3, 0.4) is 0 Å². The summed E-state index contributed by atoms with van der Waals surface area (Å²) in [6, 6.07) is 7.68. The summed E-state index contributed by atoms with van der Waals surface area (Å²) in [6.45, 7) is 1.86. The average Bonchev–Trinajstić information content (AvgIpc) is 2.14. The van der Waals surface area contributed by atoms with Crippen LogP contribution in [0.4, 0.5) is 5.69 Å². The molecule has 0 spiro atoms. The molecule has 0 aliphatic heterocycles. The van der Waals surface area contributed by atoms with Crippen molar-refractivity contribution in [3.63, 3.8) is 0 Å². The Bertz CT molecular complexity index is 508. The van der Waals surface area contributed by atoms with E-state index in [2.05, 4.69) is 15.9 Å². The van der Waals surface area contributed by atoms with Gasteiger partial charge in [0.25, 0.3) is 0 Å². The van der Waals surface area contributed by atoms with E-state index in [9.17, 15) is 5.11 Å². The third kappa shape index (κ3) is 1.34. The molecule has 0 radical (unpaired) electrons. The third-order valence-corrected chi connectivity index (χ3v) is 2.85. The van der Waals surface area contributed by atoms with E-state index < -0.39 is 0 Å². The molecule has 2 nitrogen and oxygen atoms in total. The summed E-state index contributed by atoms with van der Waals surface area (Å²) in [5.74, 6) is 0.180. The molecule has 3 heteroatoms. The predicted octanol–water partition coefficient (Wildman–Crippen LogP) is 3.20. The Morgan fingerprint density at radius 3 is 2.71 bits per heavy atom. The number of benzene rings is 2. The summed E-state index contributed by atoms with van der Waals surface area (Å²) in [5.41, 5.74) is 6.92. The molecule has 3 N–H and O–H groups in total. The van der Waals surface area contributed by atoms with Crippen molar-refractivity contribution in [1.29, 1.82) is 0 Å². The first-order chi connectivity index (χ1) is 6.59. The largest absolute Gasteiger partial charge is 0.505 e. The van der Waals surface area contributed by atoms with Crippen molar-refractivity contribution in [2.45, 2.75) is 6.92 Å². The van der Waals surface area contributed by atoms with Gasteiger partial charge in [0.2, 0.25) is 0 Å². The lowest BCUT2D eigenvalue weighted by molar-refractivity contribution is 0.475. The lowest BCUT2D eigenvalue weighted by atomic mass is 10.0. The first-order valence-corrected chi connectivity index (χ1v) is 5.06. The minimum absolute atomic E-state index is 0.180. The van der Waals surface area contributed by atoms with Crippen LogP contribution in [0, 0.1) is 6.92 Å². The molecule has 2 aromatic rings. The van der Waals surface area contributed by atoms with Crippen LogP contribution in [0.25, 0.3) is 10.8 Å². The highest BCUT2D eigenvalue weighted by molar-refractivity contribution is 9.10. The van der Waals surface area contributed by atoms with Gasteiger partial charge in [-0.15, -0.1) is 0 Å². The first-order valence-electron chi connectivity index (χ1n) is 4.27. The highest BCUT2D eigenvalue weighted by Gasteiger charge is 2.06. The third-order valence-electron chi connectivity index (χ3n) is 2.36. The molecule has 0 aromatic heterocycles. The van der Waals surface area contributed by atoms with Crippen molar-refractivity contribution in [3.05, 3.63) is 34.3 Å². The van der Waals surface area contributed by atoms with Crippen LogP contribution in [-0.4, -0.2) is 5.11 Å². The van der Waals surface area contributed by atoms with E-state index in [-0.39, 0.29) is 5.75 Å². The number of phenols is 1. The predicted molar refractivity (Wildman–Crippen MR) is 62.5 cm³/mol. The fourth-order valence-corrected chi connectivity index (χ4v) is 1.95. The molecule has 2 aromatic carbocycles. The SMILES string of the molecule is Cc1c(O)c(N)cc2cc(Br)ccc12. The first kappa shape index (κ1) is 9.34. The fourth-order valence-electron chi connectivity index (χ4n) is 1.57. The van der Waals surface area contributed by atoms with E-state index in [1.807, 2.05) is 25.1 Å². The molecular weight excluding hydrogens is 242 g/mol. The summed E-state index contributed by atoms with van der Waals surface area (Å²) in [7, 11) is 0. The monoisotopic (exact) mass is 251 g/mol. The van der Waals surface area contributed by atoms with Gasteiger partial charge in [-0.2, -0.15) is 0 Å². The second kappa shape index (κ2) is 3.17. The molecule has 0 unspecified atom stereocenters. The molecule has 0 aliphatic rings. The maximum absolute atomic E-state index is 9.64. The minimum atomic E-state index is 0.180. The molecule has 2 rings (SSSR count). The summed E-state index contributed by atoms with van der Waals surface area (Å²) in [5, 5.41) is 11.7. The second-order valence-electron chi connectivity index (χ2n) is 3.30. The smallest absolute Gasteiger partial charge is 0.142 e. The van der Waals surface area contributed by atoms with E-state index in [4.69, 9.17) is 5.73 Å². The molecule has 72 valence electrons. The standard InChI is InChI=1S/C11H10BrNO/c1-6-9-3-2-8(12)4-7(9)5-10(13)11(6)14/h2-5,14H,13H2,1H3. The zero-order chi connectivity index (χ0) is 10.3. The van der Waals surface area contributed by atoms with Gasteiger partial charge in [0.1, 0.15) is 5.75 Å². The van der Waals surface area contributed by atoms with Gasteiger partial charge in [-0.05, 0) is 35.9 Å². The fraction of sp³-hybridized carbons (Fsp3) is 0.0909. The van der Waals surface area contributed by atoms with Crippen LogP contribution >= 0.6 is 15.9 Å². The molecule has 0 heterocycles. The molecule has 14 heavy (non-hydrogen) atoms.